The Bertz CT molecular complexity index is 554. The number of hydrogen-bond donors (Lipinski definition) is 1. The predicted molar refractivity (Wildman–Crippen MR) is 73.2 cm³/mol. The Hall–Kier alpha value is -1.38. The van der Waals surface area contributed by atoms with E-state index in [1.54, 1.807) is 12.1 Å². The molecule has 1 unspecified atom stereocenters. The Kier molecular flexibility index (Phi) is 4.00. The van der Waals surface area contributed by atoms with Gasteiger partial charge in [0.05, 0.1) is 5.02 Å². The highest BCUT2D eigenvalue weighted by atomic mass is 35.5. The van der Waals surface area contributed by atoms with Gasteiger partial charge in [0.15, 0.2) is 0 Å². The van der Waals surface area contributed by atoms with Crippen LogP contribution in [0, 0.1) is 12.7 Å². The maximum atomic E-state index is 13.4. The minimum Gasteiger partial charge on any atom is -0.324 e. The van der Waals surface area contributed by atoms with E-state index in [0.717, 1.165) is 5.56 Å². The van der Waals surface area contributed by atoms with Gasteiger partial charge in [-0.2, -0.15) is 0 Å². The largest absolute Gasteiger partial charge is 0.324 e. The number of hydrogen-bond acceptors (Lipinski definition) is 1. The fourth-order valence-electron chi connectivity index (χ4n) is 1.99. The van der Waals surface area contributed by atoms with Crippen LogP contribution in [0.4, 0.5) is 4.39 Å². The lowest BCUT2D eigenvalue weighted by atomic mass is 9.97. The zero-order chi connectivity index (χ0) is 13.1. The normalized spacial score (nSPS) is 12.4. The summed E-state index contributed by atoms with van der Waals surface area (Å²) in [5, 5.41) is 0.124. The van der Waals surface area contributed by atoms with Gasteiger partial charge in [0.1, 0.15) is 5.82 Å². The Balaban J connectivity index is 2.25. The summed E-state index contributed by atoms with van der Waals surface area (Å²) < 4.78 is 13.4. The SMILES string of the molecule is Cc1ccccc1CC(N)c1cccc(F)c1Cl. The van der Waals surface area contributed by atoms with Gasteiger partial charge in [0.25, 0.3) is 0 Å². The number of nitrogens with two attached hydrogens (primary N) is 1. The van der Waals surface area contributed by atoms with E-state index >= 15 is 0 Å². The van der Waals surface area contributed by atoms with Crippen LogP contribution in [0.3, 0.4) is 0 Å². The van der Waals surface area contributed by atoms with Crippen LogP contribution in [0.1, 0.15) is 22.7 Å². The van der Waals surface area contributed by atoms with E-state index in [4.69, 9.17) is 17.3 Å². The fourth-order valence-corrected chi connectivity index (χ4v) is 2.26. The molecule has 1 nitrogen and oxygen atoms in total. The topological polar surface area (TPSA) is 26.0 Å². The maximum Gasteiger partial charge on any atom is 0.142 e. The molecule has 0 aliphatic rings. The van der Waals surface area contributed by atoms with Crippen molar-refractivity contribution in [3.05, 3.63) is 70.0 Å². The average Bonchev–Trinajstić information content (AvgIpc) is 2.35. The molecule has 0 saturated carbocycles. The van der Waals surface area contributed by atoms with Crippen LogP contribution in [-0.2, 0) is 6.42 Å². The van der Waals surface area contributed by atoms with Gasteiger partial charge in [0.2, 0.25) is 0 Å². The molecule has 0 bridgehead atoms. The maximum absolute atomic E-state index is 13.4. The van der Waals surface area contributed by atoms with Crippen molar-refractivity contribution in [3.63, 3.8) is 0 Å². The summed E-state index contributed by atoms with van der Waals surface area (Å²) >= 11 is 5.94. The first-order chi connectivity index (χ1) is 8.59. The summed E-state index contributed by atoms with van der Waals surface area (Å²) in [6.07, 6.45) is 0.649. The lowest BCUT2D eigenvalue weighted by molar-refractivity contribution is 0.619. The summed E-state index contributed by atoms with van der Waals surface area (Å²) in [7, 11) is 0. The molecule has 0 fully saturated rings. The number of rotatable bonds is 3. The second kappa shape index (κ2) is 5.51. The van der Waals surface area contributed by atoms with Gasteiger partial charge >= 0.3 is 0 Å². The Labute approximate surface area is 111 Å². The number of aryl methyl sites for hydroxylation is 1. The Morgan fingerprint density at radius 2 is 1.89 bits per heavy atom. The first-order valence-corrected chi connectivity index (χ1v) is 6.21. The monoisotopic (exact) mass is 263 g/mol. The third kappa shape index (κ3) is 2.71. The molecule has 18 heavy (non-hydrogen) atoms. The van der Waals surface area contributed by atoms with Gasteiger partial charge in [-0.25, -0.2) is 4.39 Å². The molecule has 0 radical (unpaired) electrons. The zero-order valence-corrected chi connectivity index (χ0v) is 10.9. The molecule has 0 heterocycles. The highest BCUT2D eigenvalue weighted by molar-refractivity contribution is 6.31. The van der Waals surface area contributed by atoms with Crippen LogP contribution in [0.15, 0.2) is 42.5 Å². The minimum atomic E-state index is -0.422. The van der Waals surface area contributed by atoms with E-state index in [2.05, 4.69) is 0 Å². The van der Waals surface area contributed by atoms with Crippen LogP contribution in [-0.4, -0.2) is 0 Å². The second-order valence-corrected chi connectivity index (χ2v) is 4.76. The summed E-state index contributed by atoms with van der Waals surface area (Å²) in [4.78, 5) is 0. The first kappa shape index (κ1) is 13.1. The molecule has 0 aliphatic carbocycles. The molecule has 0 spiro atoms. The summed E-state index contributed by atoms with van der Waals surface area (Å²) in [5.74, 6) is -0.422. The Morgan fingerprint density at radius 1 is 1.17 bits per heavy atom. The van der Waals surface area contributed by atoms with Gasteiger partial charge in [-0.05, 0) is 36.1 Å². The molecular weight excluding hydrogens is 249 g/mol. The molecule has 0 aliphatic heterocycles. The lowest BCUT2D eigenvalue weighted by Crippen LogP contribution is -2.14. The van der Waals surface area contributed by atoms with Crippen molar-refractivity contribution in [2.45, 2.75) is 19.4 Å². The summed E-state index contributed by atoms with van der Waals surface area (Å²) in [5.41, 5.74) is 9.11. The summed E-state index contributed by atoms with van der Waals surface area (Å²) in [6, 6.07) is 12.5. The van der Waals surface area contributed by atoms with E-state index < -0.39 is 5.82 Å². The third-order valence-corrected chi connectivity index (χ3v) is 3.48. The number of halogens is 2. The van der Waals surface area contributed by atoms with Gasteiger partial charge < -0.3 is 5.73 Å². The highest BCUT2D eigenvalue weighted by Crippen LogP contribution is 2.27. The summed E-state index contributed by atoms with van der Waals surface area (Å²) in [6.45, 7) is 2.04. The fraction of sp³-hybridized carbons (Fsp3) is 0.200. The van der Waals surface area contributed by atoms with Crippen molar-refractivity contribution in [2.24, 2.45) is 5.73 Å². The van der Waals surface area contributed by atoms with E-state index in [1.165, 1.54) is 11.6 Å². The molecule has 3 heteroatoms. The smallest absolute Gasteiger partial charge is 0.142 e. The molecule has 0 saturated heterocycles. The molecule has 94 valence electrons. The van der Waals surface area contributed by atoms with Crippen LogP contribution in [0.25, 0.3) is 0 Å². The van der Waals surface area contributed by atoms with E-state index in [0.29, 0.717) is 12.0 Å². The van der Waals surface area contributed by atoms with Crippen molar-refractivity contribution in [3.8, 4) is 0 Å². The quantitative estimate of drug-likeness (QED) is 0.889. The van der Waals surface area contributed by atoms with Crippen molar-refractivity contribution in [1.82, 2.24) is 0 Å². The first-order valence-electron chi connectivity index (χ1n) is 5.83. The van der Waals surface area contributed by atoms with Gasteiger partial charge in [-0.1, -0.05) is 48.0 Å². The molecule has 0 aromatic heterocycles. The van der Waals surface area contributed by atoms with Gasteiger partial charge in [-0.15, -0.1) is 0 Å². The minimum absolute atomic E-state index is 0.124. The predicted octanol–water partition coefficient (Wildman–Crippen LogP) is 4.03. The molecule has 2 N–H and O–H groups in total. The third-order valence-electron chi connectivity index (χ3n) is 3.08. The van der Waals surface area contributed by atoms with Crippen molar-refractivity contribution >= 4 is 11.6 Å². The van der Waals surface area contributed by atoms with Gasteiger partial charge in [0, 0.05) is 6.04 Å². The average molecular weight is 264 g/mol. The van der Waals surface area contributed by atoms with Crippen LogP contribution >= 0.6 is 11.6 Å². The van der Waals surface area contributed by atoms with E-state index in [9.17, 15) is 4.39 Å². The molecule has 2 aromatic rings. The molecule has 0 amide bonds. The molecular formula is C15H15ClFN. The van der Waals surface area contributed by atoms with Crippen LogP contribution in [0.2, 0.25) is 5.02 Å². The highest BCUT2D eigenvalue weighted by Gasteiger charge is 2.14. The van der Waals surface area contributed by atoms with E-state index in [1.807, 2.05) is 31.2 Å². The van der Waals surface area contributed by atoms with Crippen LogP contribution in [0.5, 0.6) is 0 Å². The standard InChI is InChI=1S/C15H15ClFN/c1-10-5-2-3-6-11(10)9-14(18)12-7-4-8-13(17)15(12)16/h2-8,14H,9,18H2,1H3. The second-order valence-electron chi connectivity index (χ2n) is 4.38. The zero-order valence-electron chi connectivity index (χ0n) is 10.2. The van der Waals surface area contributed by atoms with Gasteiger partial charge in [-0.3, -0.25) is 0 Å². The lowest BCUT2D eigenvalue weighted by Gasteiger charge is -2.15. The molecule has 2 rings (SSSR count). The van der Waals surface area contributed by atoms with Crippen LogP contribution < -0.4 is 5.73 Å². The number of benzene rings is 2. The van der Waals surface area contributed by atoms with Crippen molar-refractivity contribution in [2.75, 3.05) is 0 Å². The molecule has 1 atom stereocenters. The van der Waals surface area contributed by atoms with Crippen molar-refractivity contribution < 1.29 is 4.39 Å². The van der Waals surface area contributed by atoms with E-state index in [-0.39, 0.29) is 11.1 Å². The molecule has 2 aromatic carbocycles. The Morgan fingerprint density at radius 3 is 2.61 bits per heavy atom. The van der Waals surface area contributed by atoms with Crippen molar-refractivity contribution in [1.29, 1.82) is 0 Å².